The van der Waals surface area contributed by atoms with E-state index < -0.39 is 0 Å². The van der Waals surface area contributed by atoms with Gasteiger partial charge in [-0.25, -0.2) is 0 Å². The van der Waals surface area contributed by atoms with E-state index in [0.29, 0.717) is 6.42 Å². The van der Waals surface area contributed by atoms with Crippen LogP contribution in [0.1, 0.15) is 22.8 Å². The maximum atomic E-state index is 10.2. The molecular formula is C15H14OS. The van der Waals surface area contributed by atoms with Crippen molar-refractivity contribution in [2.24, 2.45) is 0 Å². The van der Waals surface area contributed by atoms with Crippen molar-refractivity contribution in [3.8, 4) is 0 Å². The number of hydrogen-bond donors (Lipinski definition) is 1. The number of hydrogen-bond acceptors (Lipinski definition) is 2. The van der Waals surface area contributed by atoms with Gasteiger partial charge < -0.3 is 5.11 Å². The first-order valence-corrected chi connectivity index (χ1v) is 6.60. The normalized spacial score (nSPS) is 18.1. The molecule has 0 spiro atoms. The Morgan fingerprint density at radius 3 is 2.82 bits per heavy atom. The molecule has 1 unspecified atom stereocenters. The smallest absolute Gasteiger partial charge is 0.0841 e. The lowest BCUT2D eigenvalue weighted by atomic mass is 10.0. The number of rotatable bonds is 0. The van der Waals surface area contributed by atoms with Crippen molar-refractivity contribution in [1.29, 1.82) is 0 Å². The Morgan fingerprint density at radius 1 is 1.12 bits per heavy atom. The minimum Gasteiger partial charge on any atom is -0.388 e. The molecule has 0 radical (unpaired) electrons. The van der Waals surface area contributed by atoms with Crippen LogP contribution in [0.2, 0.25) is 0 Å². The summed E-state index contributed by atoms with van der Waals surface area (Å²) in [6.07, 6.45) is 0.322. The Morgan fingerprint density at radius 2 is 1.94 bits per heavy atom. The van der Waals surface area contributed by atoms with Crippen LogP contribution >= 0.6 is 11.8 Å². The summed E-state index contributed by atoms with van der Waals surface area (Å²) in [7, 11) is 0. The molecular weight excluding hydrogens is 228 g/mol. The fraction of sp³-hybridized carbons (Fsp3) is 0.200. The van der Waals surface area contributed by atoms with Crippen molar-refractivity contribution in [3.05, 3.63) is 59.2 Å². The van der Waals surface area contributed by atoms with E-state index in [9.17, 15) is 5.11 Å². The number of aliphatic hydroxyl groups is 1. The lowest BCUT2D eigenvalue weighted by Gasteiger charge is -2.10. The SMILES string of the molecule is Cc1ccc2c(c1)Sc1ccccc1C(O)C2. The summed E-state index contributed by atoms with van der Waals surface area (Å²) in [4.78, 5) is 2.44. The van der Waals surface area contributed by atoms with E-state index in [1.165, 1.54) is 20.9 Å². The summed E-state index contributed by atoms with van der Waals surface area (Å²) in [6, 6.07) is 14.6. The molecule has 1 aliphatic rings. The van der Waals surface area contributed by atoms with Gasteiger partial charge in [-0.15, -0.1) is 0 Å². The van der Waals surface area contributed by atoms with Gasteiger partial charge in [-0.2, -0.15) is 0 Å². The van der Waals surface area contributed by atoms with Crippen LogP contribution < -0.4 is 0 Å². The number of fused-ring (bicyclic) bond motifs is 2. The second-order valence-electron chi connectivity index (χ2n) is 4.47. The van der Waals surface area contributed by atoms with Crippen molar-refractivity contribution in [2.75, 3.05) is 0 Å². The highest BCUT2D eigenvalue weighted by molar-refractivity contribution is 7.99. The molecule has 1 heterocycles. The summed E-state index contributed by atoms with van der Waals surface area (Å²) in [5.41, 5.74) is 3.56. The molecule has 2 heteroatoms. The molecule has 2 aromatic rings. The van der Waals surface area contributed by atoms with Gasteiger partial charge >= 0.3 is 0 Å². The Hall–Kier alpha value is -1.25. The summed E-state index contributed by atoms with van der Waals surface area (Å²) in [6.45, 7) is 2.11. The number of aliphatic hydroxyl groups excluding tert-OH is 1. The van der Waals surface area contributed by atoms with Crippen LogP contribution in [-0.2, 0) is 6.42 Å². The molecule has 0 bridgehead atoms. The van der Waals surface area contributed by atoms with Crippen LogP contribution in [-0.4, -0.2) is 5.11 Å². The van der Waals surface area contributed by atoms with Gasteiger partial charge in [0.05, 0.1) is 6.10 Å². The maximum Gasteiger partial charge on any atom is 0.0841 e. The number of benzene rings is 2. The highest BCUT2D eigenvalue weighted by Crippen LogP contribution is 2.40. The zero-order valence-electron chi connectivity index (χ0n) is 9.68. The summed E-state index contributed by atoms with van der Waals surface area (Å²) in [5, 5.41) is 10.2. The molecule has 2 aromatic carbocycles. The summed E-state index contributed by atoms with van der Waals surface area (Å²) >= 11 is 1.76. The second kappa shape index (κ2) is 4.21. The zero-order chi connectivity index (χ0) is 11.8. The van der Waals surface area contributed by atoms with Crippen LogP contribution in [0.4, 0.5) is 0 Å². The molecule has 0 saturated carbocycles. The van der Waals surface area contributed by atoms with Gasteiger partial charge in [0.2, 0.25) is 0 Å². The first-order valence-electron chi connectivity index (χ1n) is 5.78. The van der Waals surface area contributed by atoms with E-state index in [1.807, 2.05) is 18.2 Å². The maximum absolute atomic E-state index is 10.2. The molecule has 3 rings (SSSR count). The third-order valence-corrected chi connectivity index (χ3v) is 4.33. The minimum atomic E-state index is -0.386. The monoisotopic (exact) mass is 242 g/mol. The van der Waals surface area contributed by atoms with Crippen LogP contribution in [0.3, 0.4) is 0 Å². The van der Waals surface area contributed by atoms with E-state index in [0.717, 1.165) is 5.56 Å². The van der Waals surface area contributed by atoms with E-state index in [4.69, 9.17) is 0 Å². The fourth-order valence-electron chi connectivity index (χ4n) is 2.21. The second-order valence-corrected chi connectivity index (χ2v) is 5.55. The minimum absolute atomic E-state index is 0.386. The molecule has 1 aliphatic heterocycles. The van der Waals surface area contributed by atoms with Crippen LogP contribution in [0.15, 0.2) is 52.3 Å². The molecule has 86 valence electrons. The van der Waals surface area contributed by atoms with Crippen molar-refractivity contribution < 1.29 is 5.11 Å². The van der Waals surface area contributed by atoms with Crippen molar-refractivity contribution in [2.45, 2.75) is 29.2 Å². The van der Waals surface area contributed by atoms with Crippen molar-refractivity contribution >= 4 is 11.8 Å². The third kappa shape index (κ3) is 1.99. The van der Waals surface area contributed by atoms with Gasteiger partial charge in [0.15, 0.2) is 0 Å². The molecule has 0 saturated heterocycles. The average molecular weight is 242 g/mol. The lowest BCUT2D eigenvalue weighted by Crippen LogP contribution is -2.01. The quantitative estimate of drug-likeness (QED) is 0.759. The highest BCUT2D eigenvalue weighted by atomic mass is 32.2. The van der Waals surface area contributed by atoms with Crippen LogP contribution in [0, 0.1) is 6.92 Å². The molecule has 1 atom stereocenters. The van der Waals surface area contributed by atoms with Crippen molar-refractivity contribution in [3.63, 3.8) is 0 Å². The van der Waals surface area contributed by atoms with E-state index in [2.05, 4.69) is 31.2 Å². The first-order chi connectivity index (χ1) is 8.24. The predicted octanol–water partition coefficient (Wildman–Crippen LogP) is 3.74. The molecule has 0 amide bonds. The molecule has 0 aromatic heterocycles. The predicted molar refractivity (Wildman–Crippen MR) is 70.4 cm³/mol. The van der Waals surface area contributed by atoms with Crippen molar-refractivity contribution in [1.82, 2.24) is 0 Å². The van der Waals surface area contributed by atoms with Gasteiger partial charge in [-0.05, 0) is 35.7 Å². The Kier molecular flexibility index (Phi) is 2.69. The van der Waals surface area contributed by atoms with E-state index in [1.54, 1.807) is 11.8 Å². The summed E-state index contributed by atoms with van der Waals surface area (Å²) in [5.74, 6) is 0. The van der Waals surface area contributed by atoms with E-state index >= 15 is 0 Å². The van der Waals surface area contributed by atoms with Crippen LogP contribution in [0.25, 0.3) is 0 Å². The number of aryl methyl sites for hydroxylation is 1. The van der Waals surface area contributed by atoms with Gasteiger partial charge in [-0.1, -0.05) is 42.1 Å². The Balaban J connectivity index is 2.14. The van der Waals surface area contributed by atoms with E-state index in [-0.39, 0.29) is 6.10 Å². The molecule has 1 nitrogen and oxygen atoms in total. The zero-order valence-corrected chi connectivity index (χ0v) is 10.5. The molecule has 17 heavy (non-hydrogen) atoms. The molecule has 0 fully saturated rings. The standard InChI is InChI=1S/C15H14OS/c1-10-6-7-11-9-13(16)12-4-2-3-5-14(12)17-15(11)8-10/h2-8,13,16H,9H2,1H3. The highest BCUT2D eigenvalue weighted by Gasteiger charge is 2.20. The largest absolute Gasteiger partial charge is 0.388 e. The third-order valence-electron chi connectivity index (χ3n) is 3.13. The Labute approximate surface area is 105 Å². The van der Waals surface area contributed by atoms with Gasteiger partial charge in [-0.3, -0.25) is 0 Å². The van der Waals surface area contributed by atoms with Crippen LogP contribution in [0.5, 0.6) is 0 Å². The van der Waals surface area contributed by atoms with Gasteiger partial charge in [0.1, 0.15) is 0 Å². The Bertz CT molecular complexity index is 563. The average Bonchev–Trinajstić information content (AvgIpc) is 2.46. The van der Waals surface area contributed by atoms with Gasteiger partial charge in [0, 0.05) is 16.2 Å². The first kappa shape index (κ1) is 10.9. The summed E-state index contributed by atoms with van der Waals surface area (Å²) < 4.78 is 0. The van der Waals surface area contributed by atoms with Gasteiger partial charge in [0.25, 0.3) is 0 Å². The topological polar surface area (TPSA) is 20.2 Å². The fourth-order valence-corrected chi connectivity index (χ4v) is 3.44. The molecule has 1 N–H and O–H groups in total. The molecule has 0 aliphatic carbocycles. The lowest BCUT2D eigenvalue weighted by molar-refractivity contribution is 0.175.